The Hall–Kier alpha value is -2.33. The van der Waals surface area contributed by atoms with Crippen molar-refractivity contribution in [1.29, 1.82) is 0 Å². The molecule has 2 N–H and O–H groups in total. The van der Waals surface area contributed by atoms with Crippen LogP contribution in [-0.4, -0.2) is 16.2 Å². The van der Waals surface area contributed by atoms with Crippen LogP contribution in [0.15, 0.2) is 48.5 Å². The first-order valence-corrected chi connectivity index (χ1v) is 9.19. The zero-order valence-corrected chi connectivity index (χ0v) is 15.7. The van der Waals surface area contributed by atoms with Gasteiger partial charge < -0.3 is 14.9 Å². The molecule has 0 saturated heterocycles. The highest BCUT2D eigenvalue weighted by molar-refractivity contribution is 5.75. The Bertz CT molecular complexity index is 732. The summed E-state index contributed by atoms with van der Waals surface area (Å²) in [5, 5.41) is 20.9. The summed E-state index contributed by atoms with van der Waals surface area (Å²) in [5.74, 6) is -0.634. The van der Waals surface area contributed by atoms with Crippen LogP contribution in [0.5, 0.6) is 5.75 Å². The van der Waals surface area contributed by atoms with Gasteiger partial charge in [0.2, 0.25) is 6.10 Å². The van der Waals surface area contributed by atoms with Gasteiger partial charge >= 0.3 is 5.97 Å². The average Bonchev–Trinajstić information content (AvgIpc) is 2.60. The third-order valence-corrected chi connectivity index (χ3v) is 4.53. The van der Waals surface area contributed by atoms with Crippen LogP contribution in [0.1, 0.15) is 62.3 Å². The second-order valence-corrected chi connectivity index (χ2v) is 6.78. The number of benzene rings is 2. The van der Waals surface area contributed by atoms with Gasteiger partial charge in [-0.15, -0.1) is 0 Å². The first-order chi connectivity index (χ1) is 12.4. The van der Waals surface area contributed by atoms with Gasteiger partial charge in [-0.3, -0.25) is 0 Å². The van der Waals surface area contributed by atoms with E-state index in [-0.39, 0.29) is 0 Å². The van der Waals surface area contributed by atoms with Crippen LogP contribution in [0.4, 0.5) is 0 Å². The smallest absolute Gasteiger partial charge is 0.349 e. The van der Waals surface area contributed by atoms with Crippen molar-refractivity contribution in [3.63, 3.8) is 0 Å². The number of carboxylic acid groups (broad SMARTS) is 1. The van der Waals surface area contributed by atoms with E-state index in [4.69, 9.17) is 4.74 Å². The maximum absolute atomic E-state index is 11.8. The molecular weight excluding hydrogens is 328 g/mol. The summed E-state index contributed by atoms with van der Waals surface area (Å²) in [7, 11) is 0. The van der Waals surface area contributed by atoms with Crippen molar-refractivity contribution in [3.05, 3.63) is 65.2 Å². The van der Waals surface area contributed by atoms with Crippen molar-refractivity contribution in [2.24, 2.45) is 0 Å². The highest BCUT2D eigenvalue weighted by Gasteiger charge is 2.32. The summed E-state index contributed by atoms with van der Waals surface area (Å²) in [4.78, 5) is 11.8. The number of rotatable bonds is 9. The summed E-state index contributed by atoms with van der Waals surface area (Å²) in [5.41, 5.74) is 1.19. The SMILES string of the molecule is CCCC(O)(CCC)c1ccccc1OC(C(=O)O)c1cccc(C)c1. The van der Waals surface area contributed by atoms with Crippen LogP contribution < -0.4 is 4.74 Å². The Morgan fingerprint density at radius 1 is 1.08 bits per heavy atom. The zero-order valence-electron chi connectivity index (χ0n) is 15.7. The normalized spacial score (nSPS) is 12.6. The summed E-state index contributed by atoms with van der Waals surface area (Å²) in [6, 6.07) is 14.5. The van der Waals surface area contributed by atoms with E-state index in [2.05, 4.69) is 0 Å². The van der Waals surface area contributed by atoms with Crippen LogP contribution in [0.2, 0.25) is 0 Å². The third-order valence-electron chi connectivity index (χ3n) is 4.53. The van der Waals surface area contributed by atoms with E-state index in [1.165, 1.54) is 0 Å². The minimum Gasteiger partial charge on any atom is -0.478 e. The van der Waals surface area contributed by atoms with Crippen molar-refractivity contribution < 1.29 is 19.7 Å². The molecule has 0 aliphatic carbocycles. The molecule has 4 heteroatoms. The minimum absolute atomic E-state index is 0.422. The van der Waals surface area contributed by atoms with Crippen LogP contribution in [0.25, 0.3) is 0 Å². The fourth-order valence-electron chi connectivity index (χ4n) is 3.40. The predicted molar refractivity (Wildman–Crippen MR) is 102 cm³/mol. The second kappa shape index (κ2) is 8.86. The summed E-state index contributed by atoms with van der Waals surface area (Å²) in [6.07, 6.45) is 1.73. The van der Waals surface area contributed by atoms with Gasteiger partial charge in [-0.1, -0.05) is 74.7 Å². The molecule has 0 amide bonds. The molecule has 140 valence electrons. The summed E-state index contributed by atoms with van der Waals surface area (Å²) >= 11 is 0. The molecule has 0 fully saturated rings. The van der Waals surface area contributed by atoms with Gasteiger partial charge in [-0.05, 0) is 25.8 Å². The number of aliphatic carboxylic acids is 1. The minimum atomic E-state index is -1.12. The summed E-state index contributed by atoms with van der Waals surface area (Å²) in [6.45, 7) is 5.96. The number of carbonyl (C=O) groups is 1. The van der Waals surface area contributed by atoms with Crippen molar-refractivity contribution in [1.82, 2.24) is 0 Å². The van der Waals surface area contributed by atoms with Gasteiger partial charge in [-0.25, -0.2) is 4.79 Å². The molecule has 0 aliphatic rings. The van der Waals surface area contributed by atoms with Crippen molar-refractivity contribution >= 4 is 5.97 Å². The molecule has 26 heavy (non-hydrogen) atoms. The van der Waals surface area contributed by atoms with Crippen molar-refractivity contribution in [2.75, 3.05) is 0 Å². The highest BCUT2D eigenvalue weighted by Crippen LogP contribution is 2.38. The van der Waals surface area contributed by atoms with E-state index in [0.717, 1.165) is 18.4 Å². The van der Waals surface area contributed by atoms with Gasteiger partial charge in [-0.2, -0.15) is 0 Å². The molecule has 0 bridgehead atoms. The van der Waals surface area contributed by atoms with E-state index in [9.17, 15) is 15.0 Å². The van der Waals surface area contributed by atoms with Crippen LogP contribution in [-0.2, 0) is 10.4 Å². The van der Waals surface area contributed by atoms with Crippen molar-refractivity contribution in [3.8, 4) is 5.75 Å². The number of ether oxygens (including phenoxy) is 1. The number of aliphatic hydroxyl groups is 1. The lowest BCUT2D eigenvalue weighted by Crippen LogP contribution is -2.27. The van der Waals surface area contributed by atoms with E-state index in [1.807, 2.05) is 51.1 Å². The maximum Gasteiger partial charge on any atom is 0.349 e. The van der Waals surface area contributed by atoms with E-state index in [0.29, 0.717) is 29.7 Å². The highest BCUT2D eigenvalue weighted by atomic mass is 16.5. The van der Waals surface area contributed by atoms with Crippen LogP contribution in [0.3, 0.4) is 0 Å². The maximum atomic E-state index is 11.8. The fraction of sp³-hybridized carbons (Fsp3) is 0.409. The quantitative estimate of drug-likeness (QED) is 0.664. The molecule has 0 heterocycles. The number of hydrogen-bond donors (Lipinski definition) is 2. The van der Waals surface area contributed by atoms with Gasteiger partial charge in [0.1, 0.15) is 5.75 Å². The molecule has 0 aliphatic heterocycles. The Balaban J connectivity index is 2.43. The Morgan fingerprint density at radius 2 is 1.73 bits per heavy atom. The molecule has 0 radical (unpaired) electrons. The zero-order chi connectivity index (χ0) is 19.2. The van der Waals surface area contributed by atoms with Gasteiger partial charge in [0.05, 0.1) is 5.60 Å². The van der Waals surface area contributed by atoms with E-state index < -0.39 is 17.7 Å². The van der Waals surface area contributed by atoms with Crippen LogP contribution in [0, 0.1) is 6.92 Å². The lowest BCUT2D eigenvalue weighted by Gasteiger charge is -2.30. The average molecular weight is 356 g/mol. The molecular formula is C22H28O4. The Labute approximate surface area is 155 Å². The van der Waals surface area contributed by atoms with Gasteiger partial charge in [0, 0.05) is 11.1 Å². The molecule has 4 nitrogen and oxygen atoms in total. The fourth-order valence-corrected chi connectivity index (χ4v) is 3.40. The molecule has 2 aromatic carbocycles. The monoisotopic (exact) mass is 356 g/mol. The van der Waals surface area contributed by atoms with E-state index >= 15 is 0 Å². The Morgan fingerprint density at radius 3 is 2.31 bits per heavy atom. The number of aryl methyl sites for hydroxylation is 1. The first-order valence-electron chi connectivity index (χ1n) is 9.19. The largest absolute Gasteiger partial charge is 0.478 e. The lowest BCUT2D eigenvalue weighted by atomic mass is 9.84. The number of hydrogen-bond acceptors (Lipinski definition) is 3. The molecule has 2 aromatic rings. The first kappa shape index (κ1) is 20.0. The van der Waals surface area contributed by atoms with Crippen LogP contribution >= 0.6 is 0 Å². The van der Waals surface area contributed by atoms with Gasteiger partial charge in [0.15, 0.2) is 0 Å². The Kier molecular flexibility index (Phi) is 6.81. The molecule has 0 aromatic heterocycles. The molecule has 0 spiro atoms. The number of carboxylic acids is 1. The molecule has 0 saturated carbocycles. The standard InChI is InChI=1S/C22H28O4/c1-4-13-22(25,14-5-2)18-11-6-7-12-19(18)26-20(21(23)24)17-10-8-9-16(3)15-17/h6-12,15,20,25H,4-5,13-14H2,1-3H3,(H,23,24). The third kappa shape index (κ3) is 4.64. The predicted octanol–water partition coefficient (Wildman–Crippen LogP) is 4.99. The lowest BCUT2D eigenvalue weighted by molar-refractivity contribution is -0.145. The van der Waals surface area contributed by atoms with Gasteiger partial charge in [0.25, 0.3) is 0 Å². The van der Waals surface area contributed by atoms with Crippen molar-refractivity contribution in [2.45, 2.75) is 58.2 Å². The molecule has 1 unspecified atom stereocenters. The second-order valence-electron chi connectivity index (χ2n) is 6.78. The topological polar surface area (TPSA) is 66.8 Å². The number of para-hydroxylation sites is 1. The van der Waals surface area contributed by atoms with E-state index in [1.54, 1.807) is 18.2 Å². The summed E-state index contributed by atoms with van der Waals surface area (Å²) < 4.78 is 5.93. The molecule has 1 atom stereocenters. The molecule has 2 rings (SSSR count).